The number of hydrogen-bond donors (Lipinski definition) is 0. The summed E-state index contributed by atoms with van der Waals surface area (Å²) in [6, 6.07) is 5.25. The molecule has 3 heterocycles. The van der Waals surface area contributed by atoms with E-state index < -0.39 is 17.4 Å². The van der Waals surface area contributed by atoms with Crippen LogP contribution in [0.2, 0.25) is 5.02 Å². The van der Waals surface area contributed by atoms with Crippen LogP contribution in [0, 0.1) is 18.8 Å². The second-order valence-electron chi connectivity index (χ2n) is 6.07. The molecular formula is C16H14ClNO3. The molecule has 4 rings (SSSR count). The predicted octanol–water partition coefficient (Wildman–Crippen LogP) is 2.48. The molecule has 0 saturated carbocycles. The van der Waals surface area contributed by atoms with Gasteiger partial charge in [-0.05, 0) is 31.5 Å². The van der Waals surface area contributed by atoms with Crippen LogP contribution in [-0.4, -0.2) is 23.5 Å². The Balaban J connectivity index is 1.78. The summed E-state index contributed by atoms with van der Waals surface area (Å²) in [7, 11) is 0. The fraction of sp³-hybridized carbons (Fsp3) is 0.375. The van der Waals surface area contributed by atoms with Gasteiger partial charge in [-0.3, -0.25) is 9.59 Å². The zero-order chi connectivity index (χ0) is 14.9. The van der Waals surface area contributed by atoms with Gasteiger partial charge >= 0.3 is 0 Å². The van der Waals surface area contributed by atoms with Crippen molar-refractivity contribution in [3.63, 3.8) is 0 Å². The molecule has 4 atom stereocenters. The molecule has 1 aromatic rings. The minimum atomic E-state index is -0.661. The van der Waals surface area contributed by atoms with Gasteiger partial charge in [0.1, 0.15) is 0 Å². The number of carbonyl (C=O) groups is 2. The third-order valence-corrected chi connectivity index (χ3v) is 5.15. The minimum Gasteiger partial charge on any atom is -0.362 e. The molecule has 0 N–H and O–H groups in total. The molecule has 1 aromatic carbocycles. The summed E-state index contributed by atoms with van der Waals surface area (Å²) in [5, 5.41) is 0.550. The third-order valence-electron chi connectivity index (χ3n) is 4.74. The smallest absolute Gasteiger partial charge is 0.241 e. The first-order valence-electron chi connectivity index (χ1n) is 6.93. The molecule has 21 heavy (non-hydrogen) atoms. The molecule has 0 radical (unpaired) electrons. The predicted molar refractivity (Wildman–Crippen MR) is 78.1 cm³/mol. The Bertz CT molecular complexity index is 713. The second kappa shape index (κ2) is 3.96. The first-order chi connectivity index (χ1) is 9.92. The molecule has 2 saturated heterocycles. The van der Waals surface area contributed by atoms with Crippen LogP contribution in [0.5, 0.6) is 0 Å². The van der Waals surface area contributed by atoms with Crippen molar-refractivity contribution in [3.8, 4) is 0 Å². The van der Waals surface area contributed by atoms with Crippen molar-refractivity contribution in [1.29, 1.82) is 0 Å². The van der Waals surface area contributed by atoms with E-state index in [9.17, 15) is 9.59 Å². The number of imide groups is 1. The molecule has 0 unspecified atom stereocenters. The average Bonchev–Trinajstić information content (AvgIpc) is 3.03. The third kappa shape index (κ3) is 1.54. The summed E-state index contributed by atoms with van der Waals surface area (Å²) in [6.45, 7) is 3.75. The molecule has 2 amide bonds. The van der Waals surface area contributed by atoms with Crippen LogP contribution in [0.25, 0.3) is 0 Å². The Labute approximate surface area is 127 Å². The normalized spacial score (nSPS) is 36.7. The largest absolute Gasteiger partial charge is 0.362 e. The Morgan fingerprint density at radius 1 is 1.29 bits per heavy atom. The van der Waals surface area contributed by atoms with Crippen molar-refractivity contribution in [1.82, 2.24) is 0 Å². The molecule has 4 nitrogen and oxygen atoms in total. The van der Waals surface area contributed by atoms with E-state index in [0.717, 1.165) is 5.56 Å². The number of fused-ring (bicyclic) bond motifs is 5. The summed E-state index contributed by atoms with van der Waals surface area (Å²) in [5.74, 6) is -1.23. The lowest BCUT2D eigenvalue weighted by atomic mass is 9.78. The van der Waals surface area contributed by atoms with E-state index in [0.29, 0.717) is 10.7 Å². The highest BCUT2D eigenvalue weighted by molar-refractivity contribution is 6.32. The van der Waals surface area contributed by atoms with Crippen LogP contribution >= 0.6 is 11.6 Å². The fourth-order valence-corrected chi connectivity index (χ4v) is 3.80. The molecule has 5 heteroatoms. The van der Waals surface area contributed by atoms with Gasteiger partial charge in [0.05, 0.1) is 29.2 Å². The Morgan fingerprint density at radius 2 is 2.05 bits per heavy atom. The molecule has 0 aromatic heterocycles. The number of hydrogen-bond acceptors (Lipinski definition) is 3. The summed E-state index contributed by atoms with van der Waals surface area (Å²) >= 11 is 6.12. The molecule has 0 aliphatic carbocycles. The van der Waals surface area contributed by atoms with Gasteiger partial charge in [-0.15, -0.1) is 0 Å². The zero-order valence-corrected chi connectivity index (χ0v) is 12.4. The second-order valence-corrected chi connectivity index (χ2v) is 6.48. The number of nitrogens with zero attached hydrogens (tertiary/aromatic N) is 1. The number of anilines is 1. The lowest BCUT2D eigenvalue weighted by molar-refractivity contribution is -0.126. The highest BCUT2D eigenvalue weighted by Crippen LogP contribution is 2.52. The van der Waals surface area contributed by atoms with Crippen molar-refractivity contribution in [3.05, 3.63) is 40.9 Å². The fourth-order valence-electron chi connectivity index (χ4n) is 3.63. The minimum absolute atomic E-state index is 0.192. The maximum atomic E-state index is 12.7. The highest BCUT2D eigenvalue weighted by atomic mass is 35.5. The molecular weight excluding hydrogens is 290 g/mol. The van der Waals surface area contributed by atoms with Crippen molar-refractivity contribution in [2.75, 3.05) is 4.90 Å². The standard InChI is InChI=1S/C16H14ClNO3/c1-8-3-4-9(7-10(8)17)18-14(19)12-11-5-6-16(2,21-11)13(12)15(18)20/h3-7,11-13H,1-2H3/t11-,12-,13-,16+/m0/s1. The lowest BCUT2D eigenvalue weighted by Gasteiger charge is -2.24. The van der Waals surface area contributed by atoms with Crippen LogP contribution in [0.3, 0.4) is 0 Å². The highest BCUT2D eigenvalue weighted by Gasteiger charge is 2.66. The molecule has 2 bridgehead atoms. The van der Waals surface area contributed by atoms with E-state index in [-0.39, 0.29) is 17.9 Å². The molecule has 108 valence electrons. The van der Waals surface area contributed by atoms with Crippen LogP contribution < -0.4 is 4.90 Å². The van der Waals surface area contributed by atoms with E-state index in [1.807, 2.05) is 32.1 Å². The van der Waals surface area contributed by atoms with E-state index in [2.05, 4.69) is 0 Å². The SMILES string of the molecule is Cc1ccc(N2C(=O)[C@H]3[C@@H]4C=C[C@@](C)(O4)[C@@H]3C2=O)cc1Cl. The Kier molecular flexibility index (Phi) is 2.46. The molecule has 3 aliphatic rings. The maximum Gasteiger partial charge on any atom is 0.241 e. The van der Waals surface area contributed by atoms with Gasteiger partial charge in [0.2, 0.25) is 11.8 Å². The van der Waals surface area contributed by atoms with E-state index in [4.69, 9.17) is 16.3 Å². The average molecular weight is 304 g/mol. The topological polar surface area (TPSA) is 46.6 Å². The number of carbonyl (C=O) groups excluding carboxylic acids is 2. The molecule has 0 spiro atoms. The summed E-state index contributed by atoms with van der Waals surface area (Å²) in [5.41, 5.74) is 0.792. The lowest BCUT2D eigenvalue weighted by Crippen LogP contribution is -2.38. The van der Waals surface area contributed by atoms with Crippen molar-refractivity contribution in [2.45, 2.75) is 25.6 Å². The van der Waals surface area contributed by atoms with Crippen LogP contribution in [0.1, 0.15) is 12.5 Å². The maximum absolute atomic E-state index is 12.7. The van der Waals surface area contributed by atoms with Gasteiger partial charge in [-0.25, -0.2) is 4.90 Å². The van der Waals surface area contributed by atoms with Gasteiger partial charge in [-0.2, -0.15) is 0 Å². The van der Waals surface area contributed by atoms with Gasteiger partial charge in [-0.1, -0.05) is 29.8 Å². The summed E-state index contributed by atoms with van der Waals surface area (Å²) < 4.78 is 5.79. The van der Waals surface area contributed by atoms with E-state index in [1.165, 1.54) is 4.90 Å². The van der Waals surface area contributed by atoms with Gasteiger partial charge in [0.25, 0.3) is 0 Å². The number of halogens is 1. The van der Waals surface area contributed by atoms with Crippen molar-refractivity contribution >= 4 is 29.1 Å². The Hall–Kier alpha value is -1.65. The van der Waals surface area contributed by atoms with Crippen molar-refractivity contribution < 1.29 is 14.3 Å². The number of aryl methyl sites for hydroxylation is 1. The first kappa shape index (κ1) is 13.0. The number of benzene rings is 1. The molecule has 3 aliphatic heterocycles. The van der Waals surface area contributed by atoms with Gasteiger partial charge in [0.15, 0.2) is 0 Å². The Morgan fingerprint density at radius 3 is 2.71 bits per heavy atom. The number of rotatable bonds is 1. The number of ether oxygens (including phenoxy) is 1. The quantitative estimate of drug-likeness (QED) is 0.591. The monoisotopic (exact) mass is 303 g/mol. The summed E-state index contributed by atoms with van der Waals surface area (Å²) in [6.07, 6.45) is 3.50. The first-order valence-corrected chi connectivity index (χ1v) is 7.31. The van der Waals surface area contributed by atoms with Gasteiger partial charge in [0, 0.05) is 5.02 Å². The van der Waals surface area contributed by atoms with Gasteiger partial charge < -0.3 is 4.74 Å². The number of amides is 2. The van der Waals surface area contributed by atoms with E-state index in [1.54, 1.807) is 12.1 Å². The van der Waals surface area contributed by atoms with Crippen molar-refractivity contribution in [2.24, 2.45) is 11.8 Å². The van der Waals surface area contributed by atoms with Crippen LogP contribution in [0.15, 0.2) is 30.4 Å². The zero-order valence-electron chi connectivity index (χ0n) is 11.7. The van der Waals surface area contributed by atoms with E-state index >= 15 is 0 Å². The molecule has 2 fully saturated rings. The summed E-state index contributed by atoms with van der Waals surface area (Å²) in [4.78, 5) is 26.7. The van der Waals surface area contributed by atoms with Crippen LogP contribution in [-0.2, 0) is 14.3 Å². The van der Waals surface area contributed by atoms with Crippen LogP contribution in [0.4, 0.5) is 5.69 Å².